The Kier molecular flexibility index (Phi) is 11.9. The number of fused-ring (bicyclic) bond motifs is 8. The highest BCUT2D eigenvalue weighted by Crippen LogP contribution is 2.41. The second-order valence-electron chi connectivity index (χ2n) is 13.9. The number of alkyl halides is 2. The maximum atomic E-state index is 6.67. The molecule has 0 unspecified atom stereocenters. The van der Waals surface area contributed by atoms with E-state index < -0.39 is 0 Å². The minimum absolute atomic E-state index is 0.00727. The molecular weight excluding hydrogens is 639 g/mol. The summed E-state index contributed by atoms with van der Waals surface area (Å²) in [6.45, 7) is 16.6. The quantitative estimate of drug-likeness (QED) is 0.137. The van der Waals surface area contributed by atoms with Gasteiger partial charge in [0, 0.05) is 37.4 Å². The molecule has 0 aliphatic heterocycles. The van der Waals surface area contributed by atoms with Crippen molar-refractivity contribution >= 4 is 23.2 Å². The molecule has 0 radical (unpaired) electrons. The van der Waals surface area contributed by atoms with Gasteiger partial charge in [-0.05, 0) is 111 Å². The van der Waals surface area contributed by atoms with Gasteiger partial charge < -0.3 is 18.9 Å². The summed E-state index contributed by atoms with van der Waals surface area (Å²) in [6, 6.07) is 21.7. The van der Waals surface area contributed by atoms with Crippen molar-refractivity contribution in [2.24, 2.45) is 0 Å². The van der Waals surface area contributed by atoms with E-state index in [0.717, 1.165) is 78.6 Å². The fourth-order valence-corrected chi connectivity index (χ4v) is 6.84. The molecule has 5 rings (SSSR count). The summed E-state index contributed by atoms with van der Waals surface area (Å²) in [4.78, 5) is 0. The smallest absolute Gasteiger partial charge is 0.126 e. The van der Waals surface area contributed by atoms with Crippen LogP contribution in [0.15, 0.2) is 60.7 Å². The SMILES string of the molecule is CC(C)Oc1c2cccc1Cc1cc(CCl)cc(c1OC(C)C)Cc1cccc(c1OC(C)C)Cc1cc(CCl)cc(c1OC(C)C)C2. The first-order valence-corrected chi connectivity index (χ1v) is 18.3. The van der Waals surface area contributed by atoms with Crippen LogP contribution < -0.4 is 18.9 Å². The van der Waals surface area contributed by atoms with Crippen LogP contribution in [0.25, 0.3) is 0 Å². The Morgan fingerprint density at radius 2 is 0.646 bits per heavy atom. The summed E-state index contributed by atoms with van der Waals surface area (Å²) < 4.78 is 26.6. The van der Waals surface area contributed by atoms with Crippen LogP contribution in [-0.4, -0.2) is 24.4 Å². The van der Waals surface area contributed by atoms with Gasteiger partial charge in [-0.2, -0.15) is 0 Å². The number of benzene rings is 4. The molecule has 0 fully saturated rings. The van der Waals surface area contributed by atoms with Crippen molar-refractivity contribution in [1.29, 1.82) is 0 Å². The normalized spacial score (nSPS) is 13.0. The Morgan fingerprint density at radius 1 is 0.417 bits per heavy atom. The van der Waals surface area contributed by atoms with Crippen LogP contribution in [-0.2, 0) is 37.4 Å². The van der Waals surface area contributed by atoms with E-state index in [9.17, 15) is 0 Å². The summed E-state index contributed by atoms with van der Waals surface area (Å²) in [5.41, 5.74) is 10.9. The first-order chi connectivity index (χ1) is 22.9. The monoisotopic (exact) mass is 688 g/mol. The van der Waals surface area contributed by atoms with E-state index >= 15 is 0 Å². The molecule has 48 heavy (non-hydrogen) atoms. The van der Waals surface area contributed by atoms with E-state index in [0.29, 0.717) is 37.4 Å². The van der Waals surface area contributed by atoms with Gasteiger partial charge in [0.25, 0.3) is 0 Å². The van der Waals surface area contributed by atoms with Gasteiger partial charge in [0.2, 0.25) is 0 Å². The molecule has 0 spiro atoms. The fraction of sp³-hybridized carbons (Fsp3) is 0.429. The van der Waals surface area contributed by atoms with E-state index in [-0.39, 0.29) is 24.4 Å². The minimum Gasteiger partial charge on any atom is -0.490 e. The molecule has 4 aromatic carbocycles. The molecule has 0 atom stereocenters. The highest BCUT2D eigenvalue weighted by atomic mass is 35.5. The third-order valence-corrected chi connectivity index (χ3v) is 8.82. The average Bonchev–Trinajstić information content (AvgIpc) is 3.01. The van der Waals surface area contributed by atoms with Gasteiger partial charge >= 0.3 is 0 Å². The second kappa shape index (κ2) is 15.9. The van der Waals surface area contributed by atoms with Crippen molar-refractivity contribution in [2.45, 2.75) is 117 Å². The van der Waals surface area contributed by atoms with E-state index in [1.54, 1.807) is 0 Å². The van der Waals surface area contributed by atoms with Crippen LogP contribution in [0.2, 0.25) is 0 Å². The molecule has 8 bridgehead atoms. The number of hydrogen-bond acceptors (Lipinski definition) is 4. The number of para-hydroxylation sites is 2. The molecule has 0 heterocycles. The Balaban J connectivity index is 1.85. The van der Waals surface area contributed by atoms with E-state index in [2.05, 4.69) is 116 Å². The molecule has 0 saturated carbocycles. The summed E-state index contributed by atoms with van der Waals surface area (Å²) in [5.74, 6) is 4.42. The Labute approximate surface area is 297 Å². The maximum absolute atomic E-state index is 6.67. The summed E-state index contributed by atoms with van der Waals surface area (Å²) >= 11 is 13.1. The standard InChI is InChI=1S/C42H50Cl2O4/c1-25(2)45-39-31-11-9-12-32(39)20-36-16-30(24-44)18-38(42(36)48-28(7)8)22-34-14-10-13-33(40(34)46-26(3)4)21-37-17-29(23-43)15-35(19-31)41(37)47-27(5)6/h9-18,25-28H,19-24H2,1-8H3. The molecule has 1 aliphatic carbocycles. The van der Waals surface area contributed by atoms with Gasteiger partial charge in [-0.15, -0.1) is 23.2 Å². The third kappa shape index (κ3) is 8.62. The zero-order valence-electron chi connectivity index (χ0n) is 29.7. The maximum Gasteiger partial charge on any atom is 0.126 e. The summed E-state index contributed by atoms with van der Waals surface area (Å²) in [6.07, 6.45) is 2.50. The Hall–Kier alpha value is -3.34. The van der Waals surface area contributed by atoms with Crippen LogP contribution in [0.5, 0.6) is 23.0 Å². The first-order valence-electron chi connectivity index (χ1n) is 17.2. The lowest BCUT2D eigenvalue weighted by atomic mass is 9.90. The van der Waals surface area contributed by atoms with Crippen molar-refractivity contribution in [1.82, 2.24) is 0 Å². The van der Waals surface area contributed by atoms with E-state index in [1.807, 2.05) is 0 Å². The molecular formula is C42H50Cl2O4. The van der Waals surface area contributed by atoms with Crippen LogP contribution in [0, 0.1) is 0 Å². The number of rotatable bonds is 10. The van der Waals surface area contributed by atoms with Gasteiger partial charge in [0.15, 0.2) is 0 Å². The van der Waals surface area contributed by atoms with E-state index in [4.69, 9.17) is 42.1 Å². The molecule has 1 aliphatic rings. The predicted octanol–water partition coefficient (Wildman–Crippen LogP) is 11.0. The molecule has 0 N–H and O–H groups in total. The van der Waals surface area contributed by atoms with Gasteiger partial charge in [-0.25, -0.2) is 0 Å². The van der Waals surface area contributed by atoms with Crippen LogP contribution in [0.1, 0.15) is 111 Å². The summed E-state index contributed by atoms with van der Waals surface area (Å²) in [7, 11) is 0. The van der Waals surface area contributed by atoms with E-state index in [1.165, 1.54) is 0 Å². The average molecular weight is 690 g/mol. The fourth-order valence-electron chi connectivity index (χ4n) is 6.53. The van der Waals surface area contributed by atoms with Crippen molar-refractivity contribution in [3.63, 3.8) is 0 Å². The number of hydrogen-bond donors (Lipinski definition) is 0. The molecule has 6 heteroatoms. The molecule has 4 aromatic rings. The number of ether oxygens (including phenoxy) is 4. The van der Waals surface area contributed by atoms with Gasteiger partial charge in [0.05, 0.1) is 24.4 Å². The Bertz CT molecular complexity index is 1510. The zero-order valence-corrected chi connectivity index (χ0v) is 31.2. The highest BCUT2D eigenvalue weighted by Gasteiger charge is 2.24. The Morgan fingerprint density at radius 3 is 0.854 bits per heavy atom. The van der Waals surface area contributed by atoms with Crippen molar-refractivity contribution in [2.75, 3.05) is 0 Å². The number of halogens is 2. The van der Waals surface area contributed by atoms with Gasteiger partial charge in [-0.3, -0.25) is 0 Å². The third-order valence-electron chi connectivity index (χ3n) is 8.21. The lowest BCUT2D eigenvalue weighted by molar-refractivity contribution is 0.233. The topological polar surface area (TPSA) is 36.9 Å². The second-order valence-corrected chi connectivity index (χ2v) is 14.5. The largest absolute Gasteiger partial charge is 0.490 e. The van der Waals surface area contributed by atoms with Gasteiger partial charge in [0.1, 0.15) is 23.0 Å². The van der Waals surface area contributed by atoms with Crippen molar-refractivity contribution in [3.8, 4) is 23.0 Å². The molecule has 256 valence electrons. The predicted molar refractivity (Wildman–Crippen MR) is 199 cm³/mol. The van der Waals surface area contributed by atoms with Crippen LogP contribution in [0.4, 0.5) is 0 Å². The van der Waals surface area contributed by atoms with Crippen molar-refractivity contribution < 1.29 is 18.9 Å². The molecule has 4 nitrogen and oxygen atoms in total. The van der Waals surface area contributed by atoms with Crippen molar-refractivity contribution in [3.05, 3.63) is 116 Å². The minimum atomic E-state index is -0.00840. The molecule has 0 saturated heterocycles. The molecule has 0 amide bonds. The van der Waals surface area contributed by atoms with Gasteiger partial charge in [-0.1, -0.05) is 60.7 Å². The highest BCUT2D eigenvalue weighted by molar-refractivity contribution is 6.17. The van der Waals surface area contributed by atoms with Crippen LogP contribution in [0.3, 0.4) is 0 Å². The first kappa shape index (κ1) is 36.0. The molecule has 0 aromatic heterocycles. The van der Waals surface area contributed by atoms with Crippen LogP contribution >= 0.6 is 23.2 Å². The zero-order chi connectivity index (χ0) is 34.5. The lowest BCUT2D eigenvalue weighted by Crippen LogP contribution is -2.15. The summed E-state index contributed by atoms with van der Waals surface area (Å²) in [5, 5.41) is 0. The lowest BCUT2D eigenvalue weighted by Gasteiger charge is -2.25.